The molecule has 1 aromatic carbocycles. The number of carbonyl (C=O) groups is 2. The summed E-state index contributed by atoms with van der Waals surface area (Å²) in [6, 6.07) is 6.25. The van der Waals surface area contributed by atoms with Crippen LogP contribution in [0.3, 0.4) is 0 Å². The highest BCUT2D eigenvalue weighted by Gasteiger charge is 2.26. The van der Waals surface area contributed by atoms with Crippen LogP contribution in [0.4, 0.5) is 5.69 Å². The summed E-state index contributed by atoms with van der Waals surface area (Å²) in [6.07, 6.45) is 4.02. The SMILES string of the molecule is CCC1CCCCN1C(=O)CCS(=O)(=O)c1ccc(NC(C)=O)cc1. The highest BCUT2D eigenvalue weighted by Crippen LogP contribution is 2.21. The van der Waals surface area contributed by atoms with Gasteiger partial charge in [-0.2, -0.15) is 0 Å². The van der Waals surface area contributed by atoms with Gasteiger partial charge >= 0.3 is 0 Å². The van der Waals surface area contributed by atoms with E-state index >= 15 is 0 Å². The van der Waals surface area contributed by atoms with Gasteiger partial charge in [0.15, 0.2) is 9.84 Å². The number of benzene rings is 1. The summed E-state index contributed by atoms with van der Waals surface area (Å²) in [7, 11) is -3.52. The number of sulfone groups is 1. The number of likely N-dealkylation sites (tertiary alicyclic amines) is 1. The minimum atomic E-state index is -3.52. The molecule has 1 aliphatic rings. The van der Waals surface area contributed by atoms with E-state index in [2.05, 4.69) is 12.2 Å². The molecule has 0 saturated carbocycles. The average Bonchev–Trinajstić information content (AvgIpc) is 2.59. The third-order valence-electron chi connectivity index (χ3n) is 4.54. The van der Waals surface area contributed by atoms with Gasteiger partial charge in [0.2, 0.25) is 11.8 Å². The van der Waals surface area contributed by atoms with Gasteiger partial charge in [-0.05, 0) is 49.9 Å². The average molecular weight is 366 g/mol. The van der Waals surface area contributed by atoms with E-state index in [0.717, 1.165) is 32.2 Å². The number of nitrogens with one attached hydrogen (secondary N) is 1. The number of hydrogen-bond donors (Lipinski definition) is 1. The molecule has 1 aliphatic heterocycles. The van der Waals surface area contributed by atoms with Gasteiger partial charge < -0.3 is 10.2 Å². The Morgan fingerprint density at radius 2 is 1.88 bits per heavy atom. The highest BCUT2D eigenvalue weighted by molar-refractivity contribution is 7.91. The van der Waals surface area contributed by atoms with Crippen LogP contribution < -0.4 is 5.32 Å². The minimum Gasteiger partial charge on any atom is -0.340 e. The fourth-order valence-corrected chi connectivity index (χ4v) is 4.42. The molecule has 1 unspecified atom stereocenters. The standard InChI is InChI=1S/C18H26N2O4S/c1-3-16-6-4-5-12-20(16)18(22)11-13-25(23,24)17-9-7-15(8-10-17)19-14(2)21/h7-10,16H,3-6,11-13H2,1-2H3,(H,19,21). The Morgan fingerprint density at radius 1 is 1.20 bits per heavy atom. The fourth-order valence-electron chi connectivity index (χ4n) is 3.19. The van der Waals surface area contributed by atoms with Crippen molar-refractivity contribution >= 4 is 27.3 Å². The summed E-state index contributed by atoms with van der Waals surface area (Å²) in [5.74, 6) is -0.490. The molecule has 1 saturated heterocycles. The highest BCUT2D eigenvalue weighted by atomic mass is 32.2. The third-order valence-corrected chi connectivity index (χ3v) is 6.27. The van der Waals surface area contributed by atoms with Crippen LogP contribution in [-0.4, -0.2) is 43.5 Å². The van der Waals surface area contributed by atoms with Crippen LogP contribution in [0.1, 0.15) is 46.0 Å². The maximum absolute atomic E-state index is 12.4. The van der Waals surface area contributed by atoms with Gasteiger partial charge in [0.05, 0.1) is 10.6 Å². The van der Waals surface area contributed by atoms with Gasteiger partial charge in [-0.25, -0.2) is 8.42 Å². The number of rotatable bonds is 6. The molecule has 0 spiro atoms. The first-order valence-corrected chi connectivity index (χ1v) is 10.4. The molecule has 0 aromatic heterocycles. The van der Waals surface area contributed by atoms with E-state index in [1.807, 2.05) is 4.90 Å². The van der Waals surface area contributed by atoms with Gasteiger partial charge in [-0.1, -0.05) is 6.92 Å². The lowest BCUT2D eigenvalue weighted by Crippen LogP contribution is -2.43. The number of anilines is 1. The van der Waals surface area contributed by atoms with Crippen molar-refractivity contribution in [1.82, 2.24) is 4.90 Å². The van der Waals surface area contributed by atoms with Crippen molar-refractivity contribution in [2.45, 2.75) is 56.9 Å². The molecule has 2 rings (SSSR count). The van der Waals surface area contributed by atoms with E-state index in [0.29, 0.717) is 5.69 Å². The number of piperidine rings is 1. The van der Waals surface area contributed by atoms with Crippen molar-refractivity contribution in [3.05, 3.63) is 24.3 Å². The summed E-state index contributed by atoms with van der Waals surface area (Å²) >= 11 is 0. The number of carbonyl (C=O) groups excluding carboxylic acids is 2. The predicted octanol–water partition coefficient (Wildman–Crippen LogP) is 2.60. The second-order valence-electron chi connectivity index (χ2n) is 6.42. The van der Waals surface area contributed by atoms with E-state index in [4.69, 9.17) is 0 Å². The van der Waals surface area contributed by atoms with Gasteiger partial charge in [-0.15, -0.1) is 0 Å². The van der Waals surface area contributed by atoms with Crippen LogP contribution >= 0.6 is 0 Å². The van der Waals surface area contributed by atoms with E-state index < -0.39 is 9.84 Å². The quantitative estimate of drug-likeness (QED) is 0.839. The molecule has 6 nitrogen and oxygen atoms in total. The summed E-state index contributed by atoms with van der Waals surface area (Å²) in [4.78, 5) is 25.5. The normalized spacial score (nSPS) is 18.0. The van der Waals surface area contributed by atoms with Gasteiger partial charge in [0, 0.05) is 31.6 Å². The van der Waals surface area contributed by atoms with Crippen LogP contribution in [0.5, 0.6) is 0 Å². The first-order chi connectivity index (χ1) is 11.8. The van der Waals surface area contributed by atoms with Crippen molar-refractivity contribution in [1.29, 1.82) is 0 Å². The molecule has 1 aromatic rings. The second-order valence-corrected chi connectivity index (χ2v) is 8.53. The predicted molar refractivity (Wildman–Crippen MR) is 97.1 cm³/mol. The summed E-state index contributed by atoms with van der Waals surface area (Å²) in [5.41, 5.74) is 0.543. The number of amides is 2. The zero-order valence-corrected chi connectivity index (χ0v) is 15.6. The third kappa shape index (κ3) is 5.29. The Bertz CT molecular complexity index is 713. The fraction of sp³-hybridized carbons (Fsp3) is 0.556. The first-order valence-electron chi connectivity index (χ1n) is 8.73. The smallest absolute Gasteiger partial charge is 0.223 e. The molecule has 0 radical (unpaired) electrons. The number of nitrogens with zero attached hydrogens (tertiary/aromatic N) is 1. The molecule has 1 heterocycles. The van der Waals surface area contributed by atoms with Crippen molar-refractivity contribution in [3.8, 4) is 0 Å². The molecule has 1 fully saturated rings. The minimum absolute atomic E-state index is 0.00623. The zero-order chi connectivity index (χ0) is 18.4. The Labute approximate surface area is 149 Å². The van der Waals surface area contributed by atoms with Crippen LogP contribution in [-0.2, 0) is 19.4 Å². The molecule has 0 aliphatic carbocycles. The monoisotopic (exact) mass is 366 g/mol. The number of hydrogen-bond acceptors (Lipinski definition) is 4. The van der Waals surface area contributed by atoms with Crippen LogP contribution in [0.15, 0.2) is 29.2 Å². The van der Waals surface area contributed by atoms with E-state index in [1.54, 1.807) is 12.1 Å². The van der Waals surface area contributed by atoms with Gasteiger partial charge in [0.1, 0.15) is 0 Å². The lowest BCUT2D eigenvalue weighted by molar-refractivity contribution is -0.134. The molecule has 1 atom stereocenters. The van der Waals surface area contributed by atoms with Gasteiger partial charge in [-0.3, -0.25) is 9.59 Å². The topological polar surface area (TPSA) is 83.6 Å². The molecule has 7 heteroatoms. The maximum Gasteiger partial charge on any atom is 0.223 e. The Morgan fingerprint density at radius 3 is 2.48 bits per heavy atom. The van der Waals surface area contributed by atoms with Crippen LogP contribution in [0.2, 0.25) is 0 Å². The lowest BCUT2D eigenvalue weighted by atomic mass is 10.00. The largest absolute Gasteiger partial charge is 0.340 e. The van der Waals surface area contributed by atoms with Crippen LogP contribution in [0, 0.1) is 0 Å². The molecule has 1 N–H and O–H groups in total. The van der Waals surface area contributed by atoms with E-state index in [-0.39, 0.29) is 34.9 Å². The summed E-state index contributed by atoms with van der Waals surface area (Å²) in [5, 5.41) is 2.59. The van der Waals surface area contributed by atoms with Crippen molar-refractivity contribution in [3.63, 3.8) is 0 Å². The summed E-state index contributed by atoms with van der Waals surface area (Å²) in [6.45, 7) is 4.17. The Hall–Kier alpha value is -1.89. The Balaban J connectivity index is 1.98. The van der Waals surface area contributed by atoms with Crippen molar-refractivity contribution < 1.29 is 18.0 Å². The molecule has 25 heavy (non-hydrogen) atoms. The Kier molecular flexibility index (Phi) is 6.58. The molecule has 0 bridgehead atoms. The molecular formula is C18H26N2O4S. The zero-order valence-electron chi connectivity index (χ0n) is 14.8. The van der Waals surface area contributed by atoms with E-state index in [1.165, 1.54) is 19.1 Å². The van der Waals surface area contributed by atoms with Gasteiger partial charge in [0.25, 0.3) is 0 Å². The van der Waals surface area contributed by atoms with Crippen molar-refractivity contribution in [2.75, 3.05) is 17.6 Å². The van der Waals surface area contributed by atoms with Crippen molar-refractivity contribution in [2.24, 2.45) is 0 Å². The molecule has 2 amide bonds. The molecule has 138 valence electrons. The van der Waals surface area contributed by atoms with Crippen LogP contribution in [0.25, 0.3) is 0 Å². The lowest BCUT2D eigenvalue weighted by Gasteiger charge is -2.35. The molecular weight excluding hydrogens is 340 g/mol. The van der Waals surface area contributed by atoms with E-state index in [9.17, 15) is 18.0 Å². The summed E-state index contributed by atoms with van der Waals surface area (Å²) < 4.78 is 24.9. The second kappa shape index (κ2) is 8.47. The first kappa shape index (κ1) is 19.4. The maximum atomic E-state index is 12.4.